The fraction of sp³-hybridized carbons (Fsp3) is 0.476. The highest BCUT2D eigenvalue weighted by molar-refractivity contribution is 7.22. The molecule has 31 heavy (non-hydrogen) atoms. The number of morpholine rings is 1. The smallest absolute Gasteiger partial charge is 0.278 e. The molecule has 0 N–H and O–H groups in total. The summed E-state index contributed by atoms with van der Waals surface area (Å²) in [4.78, 5) is 22.3. The van der Waals surface area contributed by atoms with Gasteiger partial charge in [0, 0.05) is 39.3 Å². The van der Waals surface area contributed by atoms with Crippen LogP contribution in [-0.4, -0.2) is 72.1 Å². The lowest BCUT2D eigenvalue weighted by molar-refractivity contribution is 0.0376. The summed E-state index contributed by atoms with van der Waals surface area (Å²) >= 11 is 1.52. The second kappa shape index (κ2) is 10.4. The summed E-state index contributed by atoms with van der Waals surface area (Å²) in [7, 11) is 3.44. The van der Waals surface area contributed by atoms with Crippen LogP contribution in [0, 0.1) is 6.92 Å². The van der Waals surface area contributed by atoms with Crippen LogP contribution in [0.4, 0.5) is 5.13 Å². The number of halogens is 1. The number of nitrogens with zero attached hydrogens (tertiary/aromatic N) is 5. The molecule has 3 aromatic rings. The third kappa shape index (κ3) is 5.35. The molecule has 4 rings (SSSR count). The molecule has 1 aromatic carbocycles. The minimum absolute atomic E-state index is 0. The quantitative estimate of drug-likeness (QED) is 0.533. The third-order valence-electron chi connectivity index (χ3n) is 5.24. The fourth-order valence-electron chi connectivity index (χ4n) is 3.65. The molecule has 8 nitrogen and oxygen atoms in total. The number of aromatic nitrogens is 3. The highest BCUT2D eigenvalue weighted by atomic mass is 35.5. The molecular weight excluding hydrogens is 438 g/mol. The van der Waals surface area contributed by atoms with Gasteiger partial charge >= 0.3 is 0 Å². The molecule has 1 amide bonds. The molecule has 0 spiro atoms. The number of anilines is 1. The normalized spacial score (nSPS) is 14.4. The third-order valence-corrected chi connectivity index (χ3v) is 6.30. The molecule has 0 unspecified atom stereocenters. The number of rotatable bonds is 7. The van der Waals surface area contributed by atoms with Gasteiger partial charge < -0.3 is 9.47 Å². The predicted octanol–water partition coefficient (Wildman–Crippen LogP) is 3.14. The maximum atomic E-state index is 13.4. The molecule has 10 heteroatoms. The SMILES string of the molecule is COc1ccc2sc(N(CCCN3CCOCC3)C(=O)c3cc(C)nn3C)nc2c1.Cl. The molecule has 1 saturated heterocycles. The lowest BCUT2D eigenvalue weighted by Crippen LogP contribution is -2.39. The van der Waals surface area contributed by atoms with Crippen molar-refractivity contribution in [1.82, 2.24) is 19.7 Å². The summed E-state index contributed by atoms with van der Waals surface area (Å²) in [5.74, 6) is 0.679. The number of hydrogen-bond acceptors (Lipinski definition) is 7. The number of carbonyl (C=O) groups is 1. The van der Waals surface area contributed by atoms with Crippen molar-refractivity contribution >= 4 is 45.0 Å². The van der Waals surface area contributed by atoms with E-state index in [0.717, 1.165) is 60.9 Å². The summed E-state index contributed by atoms with van der Waals surface area (Å²) < 4.78 is 13.4. The van der Waals surface area contributed by atoms with Crippen LogP contribution >= 0.6 is 23.7 Å². The van der Waals surface area contributed by atoms with Crippen LogP contribution in [0.1, 0.15) is 22.6 Å². The Morgan fingerprint density at radius 2 is 2.06 bits per heavy atom. The average Bonchev–Trinajstić information content (AvgIpc) is 3.33. The summed E-state index contributed by atoms with van der Waals surface area (Å²) in [6.45, 7) is 6.84. The van der Waals surface area contributed by atoms with E-state index in [0.29, 0.717) is 17.4 Å². The molecule has 1 fully saturated rings. The Kier molecular flexibility index (Phi) is 7.88. The summed E-state index contributed by atoms with van der Waals surface area (Å²) in [5, 5.41) is 5.04. The number of carbonyl (C=O) groups excluding carboxylic acids is 1. The molecule has 0 aliphatic carbocycles. The van der Waals surface area contributed by atoms with E-state index in [2.05, 4.69) is 10.00 Å². The molecule has 0 bridgehead atoms. The molecule has 0 saturated carbocycles. The minimum Gasteiger partial charge on any atom is -0.497 e. The van der Waals surface area contributed by atoms with Crippen LogP contribution in [0.25, 0.3) is 10.2 Å². The first-order chi connectivity index (χ1) is 14.5. The number of ether oxygens (including phenoxy) is 2. The Labute approximate surface area is 192 Å². The van der Waals surface area contributed by atoms with Gasteiger partial charge in [0.15, 0.2) is 5.13 Å². The first-order valence-electron chi connectivity index (χ1n) is 10.1. The highest BCUT2D eigenvalue weighted by Crippen LogP contribution is 2.32. The Morgan fingerprint density at radius 1 is 1.29 bits per heavy atom. The van der Waals surface area contributed by atoms with Gasteiger partial charge in [-0.1, -0.05) is 11.3 Å². The lowest BCUT2D eigenvalue weighted by Gasteiger charge is -2.27. The van der Waals surface area contributed by atoms with E-state index in [1.165, 1.54) is 11.3 Å². The van der Waals surface area contributed by atoms with Crippen molar-refractivity contribution in [1.29, 1.82) is 0 Å². The minimum atomic E-state index is -0.0777. The van der Waals surface area contributed by atoms with E-state index in [1.54, 1.807) is 23.7 Å². The Hall–Kier alpha value is -2.20. The van der Waals surface area contributed by atoms with Gasteiger partial charge in [-0.25, -0.2) is 4.98 Å². The Morgan fingerprint density at radius 3 is 2.74 bits per heavy atom. The topological polar surface area (TPSA) is 72.7 Å². The number of methoxy groups -OCH3 is 1. The van der Waals surface area contributed by atoms with Crippen molar-refractivity contribution in [3.8, 4) is 5.75 Å². The van der Waals surface area contributed by atoms with E-state index >= 15 is 0 Å². The van der Waals surface area contributed by atoms with Crippen LogP contribution in [0.2, 0.25) is 0 Å². The number of thiazole rings is 1. The maximum absolute atomic E-state index is 13.4. The van der Waals surface area contributed by atoms with Crippen LogP contribution in [0.3, 0.4) is 0 Å². The lowest BCUT2D eigenvalue weighted by atomic mass is 10.3. The Balaban J connectivity index is 0.00000272. The van der Waals surface area contributed by atoms with Crippen molar-refractivity contribution < 1.29 is 14.3 Å². The summed E-state index contributed by atoms with van der Waals surface area (Å²) in [6, 6.07) is 7.63. The molecule has 168 valence electrons. The van der Waals surface area contributed by atoms with E-state index in [1.807, 2.05) is 31.2 Å². The fourth-order valence-corrected chi connectivity index (χ4v) is 4.62. The molecule has 1 aliphatic heterocycles. The second-order valence-electron chi connectivity index (χ2n) is 7.39. The first-order valence-corrected chi connectivity index (χ1v) is 10.9. The van der Waals surface area contributed by atoms with Crippen molar-refractivity contribution in [3.05, 3.63) is 35.7 Å². The average molecular weight is 466 g/mol. The first kappa shape index (κ1) is 23.5. The van der Waals surface area contributed by atoms with Gasteiger partial charge in [-0.3, -0.25) is 19.3 Å². The van der Waals surface area contributed by atoms with E-state index in [9.17, 15) is 4.79 Å². The molecule has 0 atom stereocenters. The highest BCUT2D eigenvalue weighted by Gasteiger charge is 2.24. The summed E-state index contributed by atoms with van der Waals surface area (Å²) in [5.41, 5.74) is 2.22. The van der Waals surface area contributed by atoms with Crippen molar-refractivity contribution in [2.24, 2.45) is 7.05 Å². The van der Waals surface area contributed by atoms with Crippen molar-refractivity contribution in [2.45, 2.75) is 13.3 Å². The molecule has 1 aliphatic rings. The summed E-state index contributed by atoms with van der Waals surface area (Å²) in [6.07, 6.45) is 0.863. The van der Waals surface area contributed by atoms with Gasteiger partial charge in [0.25, 0.3) is 5.91 Å². The zero-order chi connectivity index (χ0) is 21.1. The van der Waals surface area contributed by atoms with Gasteiger partial charge in [-0.2, -0.15) is 5.10 Å². The molecular formula is C21H28ClN5O3S. The number of aryl methyl sites for hydroxylation is 2. The predicted molar refractivity (Wildman–Crippen MR) is 125 cm³/mol. The van der Waals surface area contributed by atoms with Crippen LogP contribution in [0.5, 0.6) is 5.75 Å². The van der Waals surface area contributed by atoms with Gasteiger partial charge in [0.05, 0.1) is 36.2 Å². The standard InChI is InChI=1S/C21H27N5O3S.ClH/c1-15-13-18(24(2)23-15)20(27)26(8-4-7-25-9-11-29-12-10-25)21-22-17-14-16(28-3)5-6-19(17)30-21;/h5-6,13-14H,4,7-12H2,1-3H3;1H. The monoisotopic (exact) mass is 465 g/mol. The largest absolute Gasteiger partial charge is 0.497 e. The van der Waals surface area contributed by atoms with Crippen molar-refractivity contribution in [2.75, 3.05) is 51.4 Å². The van der Waals surface area contributed by atoms with Crippen LogP contribution < -0.4 is 9.64 Å². The number of fused-ring (bicyclic) bond motifs is 1. The number of amides is 1. The van der Waals surface area contributed by atoms with Crippen LogP contribution in [-0.2, 0) is 11.8 Å². The van der Waals surface area contributed by atoms with Gasteiger partial charge in [0.1, 0.15) is 11.4 Å². The number of benzene rings is 1. The molecule has 3 heterocycles. The van der Waals surface area contributed by atoms with Gasteiger partial charge in [-0.15, -0.1) is 12.4 Å². The van der Waals surface area contributed by atoms with E-state index in [-0.39, 0.29) is 18.3 Å². The second-order valence-corrected chi connectivity index (χ2v) is 8.40. The Bertz CT molecular complexity index is 1030. The zero-order valence-corrected chi connectivity index (χ0v) is 19.7. The van der Waals surface area contributed by atoms with Gasteiger partial charge in [0.2, 0.25) is 0 Å². The molecule has 2 aromatic heterocycles. The van der Waals surface area contributed by atoms with E-state index in [4.69, 9.17) is 14.5 Å². The maximum Gasteiger partial charge on any atom is 0.278 e. The van der Waals surface area contributed by atoms with Crippen molar-refractivity contribution in [3.63, 3.8) is 0 Å². The molecule has 0 radical (unpaired) electrons. The van der Waals surface area contributed by atoms with Gasteiger partial charge in [-0.05, 0) is 31.5 Å². The van der Waals surface area contributed by atoms with Crippen LogP contribution in [0.15, 0.2) is 24.3 Å². The zero-order valence-electron chi connectivity index (χ0n) is 18.0. The number of hydrogen-bond donors (Lipinski definition) is 0. The van der Waals surface area contributed by atoms with E-state index < -0.39 is 0 Å².